The maximum Gasteiger partial charge on any atom is 0.269 e. The number of halogens is 4. The molecule has 52 heavy (non-hydrogen) atoms. The molecule has 4 aromatic carbocycles. The number of alkyl halides is 4. The Morgan fingerprint density at radius 1 is 0.519 bits per heavy atom. The molecular weight excluding hydrogens is 758 g/mol. The first kappa shape index (κ1) is 40.2. The van der Waals surface area contributed by atoms with Crippen molar-refractivity contribution in [1.29, 1.82) is 0 Å². The van der Waals surface area contributed by atoms with Crippen LogP contribution >= 0.6 is 46.4 Å². The van der Waals surface area contributed by atoms with Crippen LogP contribution < -0.4 is 9.47 Å². The number of carbonyl (C=O) groups excluding carboxylic acids is 2. The smallest absolute Gasteiger partial charge is 0.269 e. The zero-order valence-electron chi connectivity index (χ0n) is 27.6. The standard InChI is InChI=1S/C36H34Cl4N4O8/c37-33(38)35(45)41(23-25-5-13-29(14-6-25)51-31-17-9-27(10-18-31)43(47)48)21-3-1-2-4-22-42(36(46)34(39)40)24-26-7-15-30(16-8-26)52-32-19-11-28(12-20-32)44(49)50/h5-20,33-34H,1-4,21-24H2. The average molecular weight is 792 g/mol. The molecule has 4 rings (SSSR count). The van der Waals surface area contributed by atoms with E-state index in [1.165, 1.54) is 48.5 Å². The van der Waals surface area contributed by atoms with Gasteiger partial charge in [-0.05, 0) is 72.5 Å². The molecule has 0 atom stereocenters. The van der Waals surface area contributed by atoms with Crippen LogP contribution in [0.1, 0.15) is 36.8 Å². The molecule has 0 saturated carbocycles. The lowest BCUT2D eigenvalue weighted by Crippen LogP contribution is -2.35. The SMILES string of the molecule is O=C(C(Cl)Cl)N(CCCCCCN(Cc1ccc(Oc2ccc([N+](=O)[O-])cc2)cc1)C(=O)C(Cl)Cl)Cc1ccc(Oc2ccc([N+](=O)[O-])cc2)cc1. The summed E-state index contributed by atoms with van der Waals surface area (Å²) < 4.78 is 11.5. The summed E-state index contributed by atoms with van der Waals surface area (Å²) >= 11 is 23.8. The number of amides is 2. The van der Waals surface area contributed by atoms with Crippen molar-refractivity contribution < 1.29 is 28.9 Å². The fourth-order valence-electron chi connectivity index (χ4n) is 5.08. The summed E-state index contributed by atoms with van der Waals surface area (Å²) in [7, 11) is 0. The van der Waals surface area contributed by atoms with Crippen molar-refractivity contribution in [3.63, 3.8) is 0 Å². The minimum Gasteiger partial charge on any atom is -0.457 e. The zero-order valence-corrected chi connectivity index (χ0v) is 30.6. The molecule has 0 unspecified atom stereocenters. The monoisotopic (exact) mass is 790 g/mol. The number of non-ortho nitro benzene ring substituents is 2. The first-order valence-corrected chi connectivity index (χ1v) is 17.8. The average Bonchev–Trinajstić information content (AvgIpc) is 3.13. The van der Waals surface area contributed by atoms with E-state index in [0.29, 0.717) is 48.9 Å². The Morgan fingerprint density at radius 3 is 1.08 bits per heavy atom. The Kier molecular flexibility index (Phi) is 15.3. The third-order valence-electron chi connectivity index (χ3n) is 7.76. The summed E-state index contributed by atoms with van der Waals surface area (Å²) in [5.41, 5.74) is 1.59. The predicted octanol–water partition coefficient (Wildman–Crippen LogP) is 9.61. The molecule has 0 aliphatic heterocycles. The van der Waals surface area contributed by atoms with Crippen LogP contribution in [0.2, 0.25) is 0 Å². The van der Waals surface area contributed by atoms with Gasteiger partial charge in [0.05, 0.1) is 9.85 Å². The van der Waals surface area contributed by atoms with Crippen LogP contribution in [0, 0.1) is 20.2 Å². The van der Waals surface area contributed by atoms with Gasteiger partial charge in [0.15, 0.2) is 9.67 Å². The van der Waals surface area contributed by atoms with E-state index < -0.39 is 31.3 Å². The van der Waals surface area contributed by atoms with Gasteiger partial charge in [-0.1, -0.05) is 83.5 Å². The van der Waals surface area contributed by atoms with Crippen LogP contribution in [0.3, 0.4) is 0 Å². The summed E-state index contributed by atoms with van der Waals surface area (Å²) in [6.07, 6.45) is 2.88. The van der Waals surface area contributed by atoms with Gasteiger partial charge in [-0.2, -0.15) is 0 Å². The highest BCUT2D eigenvalue weighted by Crippen LogP contribution is 2.26. The van der Waals surface area contributed by atoms with E-state index in [0.717, 1.165) is 24.0 Å². The number of nitro groups is 2. The highest BCUT2D eigenvalue weighted by atomic mass is 35.5. The van der Waals surface area contributed by atoms with Crippen LogP contribution in [0.15, 0.2) is 97.1 Å². The zero-order chi connectivity index (χ0) is 37.6. The molecule has 0 bridgehead atoms. The fraction of sp³-hybridized carbons (Fsp3) is 0.278. The number of hydrogen-bond acceptors (Lipinski definition) is 8. The molecule has 0 aromatic heterocycles. The quantitative estimate of drug-likeness (QED) is 0.0395. The number of rotatable bonds is 19. The second kappa shape index (κ2) is 19.8. The van der Waals surface area contributed by atoms with Crippen molar-refractivity contribution in [3.8, 4) is 23.0 Å². The molecule has 274 valence electrons. The third-order valence-corrected chi connectivity index (χ3v) is 8.51. The second-order valence-corrected chi connectivity index (χ2v) is 13.7. The number of carbonyl (C=O) groups is 2. The van der Waals surface area contributed by atoms with Gasteiger partial charge >= 0.3 is 0 Å². The van der Waals surface area contributed by atoms with Gasteiger partial charge in [0, 0.05) is 50.4 Å². The molecule has 0 fully saturated rings. The molecule has 2 amide bonds. The summed E-state index contributed by atoms with van der Waals surface area (Å²) in [6.45, 7) is 1.38. The highest BCUT2D eigenvalue weighted by Gasteiger charge is 2.22. The number of ether oxygens (including phenoxy) is 2. The first-order chi connectivity index (χ1) is 24.9. The van der Waals surface area contributed by atoms with Crippen LogP contribution in [0.5, 0.6) is 23.0 Å². The third kappa shape index (κ3) is 12.6. The molecule has 0 radical (unpaired) electrons. The molecule has 16 heteroatoms. The van der Waals surface area contributed by atoms with Crippen molar-refractivity contribution in [1.82, 2.24) is 9.80 Å². The van der Waals surface area contributed by atoms with Crippen molar-refractivity contribution in [2.45, 2.75) is 48.4 Å². The molecular formula is C36H34Cl4N4O8. The Hall–Kier alpha value is -4.62. The maximum absolute atomic E-state index is 12.8. The number of nitro benzene ring substituents is 2. The van der Waals surface area contributed by atoms with Crippen molar-refractivity contribution >= 4 is 69.6 Å². The van der Waals surface area contributed by atoms with Gasteiger partial charge in [-0.15, -0.1) is 0 Å². The van der Waals surface area contributed by atoms with Crippen LogP contribution in [0.25, 0.3) is 0 Å². The lowest BCUT2D eigenvalue weighted by Gasteiger charge is -2.24. The minimum atomic E-state index is -1.22. The lowest BCUT2D eigenvalue weighted by molar-refractivity contribution is -0.385. The Labute approximate surface area is 320 Å². The number of unbranched alkanes of at least 4 members (excludes halogenated alkanes) is 3. The second-order valence-electron chi connectivity index (χ2n) is 11.5. The summed E-state index contributed by atoms with van der Waals surface area (Å²) in [5.74, 6) is 1.12. The van der Waals surface area contributed by atoms with E-state index in [2.05, 4.69) is 0 Å². The number of nitrogens with zero attached hydrogens (tertiary/aromatic N) is 4. The maximum atomic E-state index is 12.8. The molecule has 0 aliphatic rings. The molecule has 12 nitrogen and oxygen atoms in total. The van der Waals surface area contributed by atoms with Crippen molar-refractivity contribution in [2.75, 3.05) is 13.1 Å². The van der Waals surface area contributed by atoms with Crippen molar-refractivity contribution in [2.24, 2.45) is 0 Å². The van der Waals surface area contributed by atoms with E-state index in [-0.39, 0.29) is 24.5 Å². The summed E-state index contributed by atoms with van der Waals surface area (Å²) in [5, 5.41) is 21.7. The molecule has 0 aliphatic carbocycles. The minimum absolute atomic E-state index is 0.0350. The summed E-state index contributed by atoms with van der Waals surface area (Å²) in [4.78, 5) is 47.1. The van der Waals surface area contributed by atoms with Gasteiger partial charge in [-0.3, -0.25) is 29.8 Å². The molecule has 0 N–H and O–H groups in total. The molecule has 4 aromatic rings. The lowest BCUT2D eigenvalue weighted by atomic mass is 10.1. The number of hydrogen-bond donors (Lipinski definition) is 0. The van der Waals surface area contributed by atoms with E-state index >= 15 is 0 Å². The highest BCUT2D eigenvalue weighted by molar-refractivity contribution is 6.53. The fourth-order valence-corrected chi connectivity index (χ4v) is 5.63. The predicted molar refractivity (Wildman–Crippen MR) is 200 cm³/mol. The van der Waals surface area contributed by atoms with E-state index in [9.17, 15) is 29.8 Å². The Morgan fingerprint density at radius 2 is 0.808 bits per heavy atom. The van der Waals surface area contributed by atoms with Crippen LogP contribution in [-0.4, -0.2) is 54.2 Å². The Balaban J connectivity index is 1.24. The van der Waals surface area contributed by atoms with Crippen LogP contribution in [-0.2, 0) is 22.7 Å². The normalized spacial score (nSPS) is 11.0. The number of benzene rings is 4. The molecule has 0 saturated heterocycles. The molecule has 0 heterocycles. The van der Waals surface area contributed by atoms with Gasteiger partial charge in [-0.25, -0.2) is 0 Å². The molecule has 0 spiro atoms. The summed E-state index contributed by atoms with van der Waals surface area (Å²) in [6, 6.07) is 25.7. The van der Waals surface area contributed by atoms with Crippen molar-refractivity contribution in [3.05, 3.63) is 128 Å². The van der Waals surface area contributed by atoms with Gasteiger partial charge in [0.1, 0.15) is 23.0 Å². The van der Waals surface area contributed by atoms with Crippen LogP contribution in [0.4, 0.5) is 11.4 Å². The Bertz CT molecular complexity index is 1660. The first-order valence-electron chi connectivity index (χ1n) is 16.1. The topological polar surface area (TPSA) is 145 Å². The van der Waals surface area contributed by atoms with Gasteiger partial charge in [0.2, 0.25) is 0 Å². The van der Waals surface area contributed by atoms with Gasteiger partial charge in [0.25, 0.3) is 23.2 Å². The van der Waals surface area contributed by atoms with E-state index in [4.69, 9.17) is 55.9 Å². The van der Waals surface area contributed by atoms with E-state index in [1.807, 2.05) is 24.3 Å². The van der Waals surface area contributed by atoms with Gasteiger partial charge < -0.3 is 19.3 Å². The largest absolute Gasteiger partial charge is 0.457 e. The van der Waals surface area contributed by atoms with E-state index in [1.54, 1.807) is 34.1 Å².